The molecule has 0 aliphatic carbocycles. The summed E-state index contributed by atoms with van der Waals surface area (Å²) in [6, 6.07) is 0.771. The molecule has 0 fully saturated rings. The Kier molecular flexibility index (Phi) is 7.21. The van der Waals surface area contributed by atoms with E-state index in [1.807, 2.05) is 0 Å². The summed E-state index contributed by atoms with van der Waals surface area (Å²) in [4.78, 5) is 22.8. The lowest BCUT2D eigenvalue weighted by Crippen LogP contribution is -2.44. The van der Waals surface area contributed by atoms with Gasteiger partial charge >= 0.3 is 8.56 Å². The summed E-state index contributed by atoms with van der Waals surface area (Å²) in [6.45, 7) is 10.6. The van der Waals surface area contributed by atoms with E-state index in [0.717, 1.165) is 0 Å². The van der Waals surface area contributed by atoms with Gasteiger partial charge in [0.05, 0.1) is 0 Å². The molecule has 0 bridgehead atoms. The molecule has 0 atom stereocenters. The Morgan fingerprint density at radius 2 is 1.35 bits per heavy atom. The largest absolute Gasteiger partial charge is 0.484 e. The van der Waals surface area contributed by atoms with E-state index in [4.69, 9.17) is 8.85 Å². The second kappa shape index (κ2) is 7.84. The van der Waals surface area contributed by atoms with E-state index in [1.54, 1.807) is 26.0 Å². The van der Waals surface area contributed by atoms with E-state index in [0.29, 0.717) is 12.1 Å². The molecule has 0 aliphatic heterocycles. The molecule has 17 heavy (non-hydrogen) atoms. The van der Waals surface area contributed by atoms with Crippen LogP contribution >= 0.6 is 0 Å². The van der Waals surface area contributed by atoms with E-state index in [9.17, 15) is 9.59 Å². The van der Waals surface area contributed by atoms with Crippen LogP contribution in [0.15, 0.2) is 25.3 Å². The van der Waals surface area contributed by atoms with Gasteiger partial charge in [0.2, 0.25) is 0 Å². The van der Waals surface area contributed by atoms with Crippen LogP contribution in [0.5, 0.6) is 0 Å². The Morgan fingerprint density at radius 3 is 1.59 bits per heavy atom. The monoisotopic (exact) mass is 256 g/mol. The van der Waals surface area contributed by atoms with Crippen molar-refractivity contribution < 1.29 is 18.4 Å². The second-order valence-corrected chi connectivity index (χ2v) is 6.60. The molecule has 0 saturated carbocycles. The first-order valence-electron chi connectivity index (χ1n) is 5.69. The van der Waals surface area contributed by atoms with Crippen LogP contribution in [0.1, 0.15) is 26.7 Å². The zero-order chi connectivity index (χ0) is 13.3. The molecule has 0 saturated heterocycles. The fraction of sp³-hybridized carbons (Fsp3) is 0.500. The van der Waals surface area contributed by atoms with Crippen LogP contribution < -0.4 is 0 Å². The number of carbonyl (C=O) groups is 2. The number of rotatable bonds is 8. The van der Waals surface area contributed by atoms with Gasteiger partial charge in [0.1, 0.15) is 0 Å². The van der Waals surface area contributed by atoms with Crippen molar-refractivity contribution in [1.29, 1.82) is 0 Å². The van der Waals surface area contributed by atoms with Crippen LogP contribution in [0.2, 0.25) is 12.1 Å². The van der Waals surface area contributed by atoms with E-state index in [-0.39, 0.29) is 24.8 Å². The van der Waals surface area contributed by atoms with Crippen LogP contribution in [0.4, 0.5) is 0 Å². The predicted octanol–water partition coefficient (Wildman–Crippen LogP) is 2.71. The van der Waals surface area contributed by atoms with Gasteiger partial charge in [0.25, 0.3) is 11.9 Å². The molecule has 0 radical (unpaired) electrons. The number of hydrogen-bond donors (Lipinski definition) is 0. The number of hydrogen-bond acceptors (Lipinski definition) is 4. The van der Waals surface area contributed by atoms with Crippen molar-refractivity contribution in [3.05, 3.63) is 25.3 Å². The van der Waals surface area contributed by atoms with Gasteiger partial charge in [-0.1, -0.05) is 26.0 Å². The minimum Gasteiger partial charge on any atom is -0.484 e. The van der Waals surface area contributed by atoms with Gasteiger partial charge in [-0.15, -0.1) is 13.2 Å². The van der Waals surface area contributed by atoms with E-state index < -0.39 is 8.56 Å². The van der Waals surface area contributed by atoms with Crippen molar-refractivity contribution in [3.63, 3.8) is 0 Å². The van der Waals surface area contributed by atoms with Gasteiger partial charge in [0, 0.05) is 24.9 Å². The lowest BCUT2D eigenvalue weighted by molar-refractivity contribution is -0.141. The molecule has 4 nitrogen and oxygen atoms in total. The Bertz CT molecular complexity index is 269. The van der Waals surface area contributed by atoms with Crippen molar-refractivity contribution in [3.8, 4) is 0 Å². The van der Waals surface area contributed by atoms with Gasteiger partial charge in [-0.25, -0.2) is 0 Å². The summed E-state index contributed by atoms with van der Waals surface area (Å²) in [5.41, 5.74) is 0. The van der Waals surface area contributed by atoms with Crippen LogP contribution in [0.25, 0.3) is 0 Å². The summed E-state index contributed by atoms with van der Waals surface area (Å²) < 4.78 is 10.7. The number of allylic oxidation sites excluding steroid dienone is 2. The van der Waals surface area contributed by atoms with Gasteiger partial charge in [-0.05, 0) is 0 Å². The fourth-order valence-corrected chi connectivity index (χ4v) is 3.81. The molecule has 0 N–H and O–H groups in total. The average molecular weight is 256 g/mol. The highest BCUT2D eigenvalue weighted by molar-refractivity contribution is 6.71. The SMILES string of the molecule is C=CC[Si](CC=C)(OC(=O)CC)OC(=O)CC. The normalized spacial score (nSPS) is 10.5. The minimum atomic E-state index is -2.90. The lowest BCUT2D eigenvalue weighted by Gasteiger charge is -2.27. The molecule has 0 aromatic carbocycles. The van der Waals surface area contributed by atoms with Crippen molar-refractivity contribution in [1.82, 2.24) is 0 Å². The zero-order valence-corrected chi connectivity index (χ0v) is 11.5. The molecule has 0 aromatic heterocycles. The molecule has 96 valence electrons. The minimum absolute atomic E-state index is 0.257. The Labute approximate surface area is 104 Å². The quantitative estimate of drug-likeness (QED) is 0.495. The van der Waals surface area contributed by atoms with Crippen molar-refractivity contribution in [2.24, 2.45) is 0 Å². The van der Waals surface area contributed by atoms with Gasteiger partial charge in [0.15, 0.2) is 0 Å². The van der Waals surface area contributed by atoms with Crippen LogP contribution in [0, 0.1) is 0 Å². The summed E-state index contributed by atoms with van der Waals surface area (Å²) in [7, 11) is -2.90. The molecule has 0 unspecified atom stereocenters. The third-order valence-electron chi connectivity index (χ3n) is 2.09. The Hall–Kier alpha value is -1.36. The van der Waals surface area contributed by atoms with Crippen LogP contribution in [0.3, 0.4) is 0 Å². The van der Waals surface area contributed by atoms with Gasteiger partial charge in [-0.3, -0.25) is 9.59 Å². The first-order valence-corrected chi connectivity index (χ1v) is 7.92. The van der Waals surface area contributed by atoms with Crippen molar-refractivity contribution in [2.75, 3.05) is 0 Å². The molecule has 0 aliphatic rings. The first-order chi connectivity index (χ1) is 8.03. The topological polar surface area (TPSA) is 52.6 Å². The first kappa shape index (κ1) is 15.6. The van der Waals surface area contributed by atoms with Crippen LogP contribution in [-0.2, 0) is 18.4 Å². The lowest BCUT2D eigenvalue weighted by atomic mass is 10.5. The van der Waals surface area contributed by atoms with E-state index in [2.05, 4.69) is 13.2 Å². The maximum absolute atomic E-state index is 11.4. The summed E-state index contributed by atoms with van der Waals surface area (Å²) >= 11 is 0. The fourth-order valence-electron chi connectivity index (χ4n) is 1.27. The molecule has 0 amide bonds. The highest BCUT2D eigenvalue weighted by atomic mass is 28.4. The average Bonchev–Trinajstić information content (AvgIpc) is 2.29. The van der Waals surface area contributed by atoms with Gasteiger partial charge < -0.3 is 8.85 Å². The highest BCUT2D eigenvalue weighted by Gasteiger charge is 2.42. The molecular weight excluding hydrogens is 236 g/mol. The zero-order valence-electron chi connectivity index (χ0n) is 10.5. The van der Waals surface area contributed by atoms with Gasteiger partial charge in [-0.2, -0.15) is 0 Å². The molecule has 0 spiro atoms. The smallest absolute Gasteiger partial charge is 0.472 e. The van der Waals surface area contributed by atoms with Crippen molar-refractivity contribution in [2.45, 2.75) is 38.8 Å². The predicted molar refractivity (Wildman–Crippen MR) is 68.5 cm³/mol. The summed E-state index contributed by atoms with van der Waals surface area (Å²) in [5.74, 6) is -0.714. The molecule has 0 aromatic rings. The van der Waals surface area contributed by atoms with Crippen LogP contribution in [-0.4, -0.2) is 20.5 Å². The Balaban J connectivity index is 4.94. The molecule has 0 rings (SSSR count). The van der Waals surface area contributed by atoms with E-state index >= 15 is 0 Å². The number of carbonyl (C=O) groups excluding carboxylic acids is 2. The van der Waals surface area contributed by atoms with E-state index in [1.165, 1.54) is 0 Å². The molecule has 5 heteroatoms. The Morgan fingerprint density at radius 1 is 1.00 bits per heavy atom. The maximum Gasteiger partial charge on any atom is 0.472 e. The standard InChI is InChI=1S/C12H20O4Si/c1-5-9-17(10-6-2,15-11(13)7-3)16-12(14)8-4/h5-6H,1-2,7-10H2,3-4H3. The maximum atomic E-state index is 11.4. The summed E-state index contributed by atoms with van der Waals surface area (Å²) in [5, 5.41) is 0. The molecular formula is C12H20O4Si. The highest BCUT2D eigenvalue weighted by Crippen LogP contribution is 2.22. The third kappa shape index (κ3) is 5.49. The third-order valence-corrected chi connectivity index (χ3v) is 5.11. The second-order valence-electron chi connectivity index (χ2n) is 3.55. The molecule has 0 heterocycles. The van der Waals surface area contributed by atoms with Crippen molar-refractivity contribution >= 4 is 20.5 Å². The summed E-state index contributed by atoms with van der Waals surface area (Å²) in [6.07, 6.45) is 3.74.